The summed E-state index contributed by atoms with van der Waals surface area (Å²) < 4.78 is 15.7. The Bertz CT molecular complexity index is 1170. The number of hydrogen-bond donors (Lipinski definition) is 1. The molecule has 1 heterocycles. The van der Waals surface area contributed by atoms with Crippen molar-refractivity contribution in [3.63, 3.8) is 0 Å². The van der Waals surface area contributed by atoms with E-state index in [-0.39, 0.29) is 23.7 Å². The Balaban J connectivity index is 1.78. The molecule has 3 aromatic rings. The molecule has 0 fully saturated rings. The van der Waals surface area contributed by atoms with E-state index in [1.807, 2.05) is 32.0 Å². The number of nitro groups is 1. The first-order valence-corrected chi connectivity index (χ1v) is 11.0. The maximum Gasteiger partial charge on any atom is 0.286 e. The number of carbonyl (C=O) groups is 1. The van der Waals surface area contributed by atoms with E-state index in [2.05, 4.69) is 15.3 Å². The molecule has 0 aliphatic carbocycles. The second-order valence-corrected chi connectivity index (χ2v) is 8.17. The number of methoxy groups -OCH3 is 2. The molecular formula is C23H24N4O6S. The monoisotopic (exact) mass is 484 g/mol. The van der Waals surface area contributed by atoms with E-state index in [9.17, 15) is 14.9 Å². The van der Waals surface area contributed by atoms with Crippen molar-refractivity contribution < 1.29 is 23.9 Å². The molecule has 10 nitrogen and oxygen atoms in total. The van der Waals surface area contributed by atoms with Crippen LogP contribution in [0, 0.1) is 24.0 Å². The highest BCUT2D eigenvalue weighted by Gasteiger charge is 2.25. The number of nitrogens with zero attached hydrogens (tertiary/aromatic N) is 3. The number of nitrogens with one attached hydrogen (secondary N) is 1. The van der Waals surface area contributed by atoms with Crippen LogP contribution in [0.15, 0.2) is 52.5 Å². The first-order chi connectivity index (χ1) is 16.3. The van der Waals surface area contributed by atoms with Gasteiger partial charge in [0, 0.05) is 35.1 Å². The second kappa shape index (κ2) is 11.4. The van der Waals surface area contributed by atoms with Gasteiger partial charge in [0.25, 0.3) is 11.6 Å². The van der Waals surface area contributed by atoms with Gasteiger partial charge in [0.1, 0.15) is 12.2 Å². The second-order valence-electron chi connectivity index (χ2n) is 7.13. The molecule has 178 valence electrons. The Morgan fingerprint density at radius 3 is 2.29 bits per heavy atom. The maximum atomic E-state index is 12.9. The van der Waals surface area contributed by atoms with Gasteiger partial charge >= 0.3 is 0 Å². The fourth-order valence-corrected chi connectivity index (χ4v) is 3.90. The summed E-state index contributed by atoms with van der Waals surface area (Å²) in [5, 5.41) is 14.9. The summed E-state index contributed by atoms with van der Waals surface area (Å²) in [5.74, 6) is -0.295. The molecule has 2 aromatic carbocycles. The maximum absolute atomic E-state index is 12.9. The van der Waals surface area contributed by atoms with E-state index in [1.165, 1.54) is 38.1 Å². The van der Waals surface area contributed by atoms with Crippen LogP contribution in [0.2, 0.25) is 0 Å². The first-order valence-electron chi connectivity index (χ1n) is 10.2. The summed E-state index contributed by atoms with van der Waals surface area (Å²) in [4.78, 5) is 33.5. The lowest BCUT2D eigenvalue weighted by Crippen LogP contribution is -2.15. The molecule has 34 heavy (non-hydrogen) atoms. The zero-order chi connectivity index (χ0) is 24.7. The van der Waals surface area contributed by atoms with Gasteiger partial charge in [-0.2, -0.15) is 0 Å². The summed E-state index contributed by atoms with van der Waals surface area (Å²) in [7, 11) is 2.90. The predicted molar refractivity (Wildman–Crippen MR) is 127 cm³/mol. The molecule has 1 N–H and O–H groups in total. The van der Waals surface area contributed by atoms with Gasteiger partial charge < -0.3 is 19.5 Å². The number of ether oxygens (including phenoxy) is 3. The molecule has 0 saturated heterocycles. The van der Waals surface area contributed by atoms with Gasteiger partial charge in [0.05, 0.1) is 24.7 Å². The molecule has 11 heteroatoms. The van der Waals surface area contributed by atoms with E-state index in [0.717, 1.165) is 16.3 Å². The van der Waals surface area contributed by atoms with Crippen molar-refractivity contribution in [1.29, 1.82) is 0 Å². The standard InChI is InChI=1S/C23H24N4O6S/c1-14-11-15(2)25-23(24-14)34-17-7-5-16(6-8-17)26-22(28)18-12-20(32-4)21(33-10-9-31-3)13-19(18)27(29)30/h5-8,11-13H,9-10H2,1-4H3,(H,26,28). The Kier molecular flexibility index (Phi) is 8.39. The first kappa shape index (κ1) is 24.9. The number of hydrogen-bond acceptors (Lipinski definition) is 9. The van der Waals surface area contributed by atoms with E-state index in [0.29, 0.717) is 17.5 Å². The van der Waals surface area contributed by atoms with Crippen molar-refractivity contribution in [3.05, 3.63) is 69.5 Å². The van der Waals surface area contributed by atoms with Gasteiger partial charge in [-0.3, -0.25) is 14.9 Å². The Morgan fingerprint density at radius 1 is 1.03 bits per heavy atom. The van der Waals surface area contributed by atoms with Gasteiger partial charge in [-0.05, 0) is 55.9 Å². The van der Waals surface area contributed by atoms with Gasteiger partial charge in [-0.1, -0.05) is 0 Å². The summed E-state index contributed by atoms with van der Waals surface area (Å²) in [5.41, 5.74) is 1.69. The van der Waals surface area contributed by atoms with Crippen LogP contribution in [0.5, 0.6) is 11.5 Å². The number of nitro benzene ring substituents is 1. The van der Waals surface area contributed by atoms with Crippen LogP contribution in [-0.4, -0.2) is 48.2 Å². The topological polar surface area (TPSA) is 126 Å². The number of rotatable bonds is 10. The molecule has 0 unspecified atom stereocenters. The Morgan fingerprint density at radius 2 is 1.71 bits per heavy atom. The van der Waals surface area contributed by atoms with Crippen LogP contribution in [0.3, 0.4) is 0 Å². The van der Waals surface area contributed by atoms with Gasteiger partial charge in [0.15, 0.2) is 16.7 Å². The SMILES string of the molecule is COCCOc1cc([N+](=O)[O-])c(C(=O)Nc2ccc(Sc3nc(C)cc(C)n3)cc2)cc1OC. The van der Waals surface area contributed by atoms with Crippen molar-refractivity contribution in [2.75, 3.05) is 32.8 Å². The molecule has 0 atom stereocenters. The fraction of sp³-hybridized carbons (Fsp3) is 0.261. The van der Waals surface area contributed by atoms with Gasteiger partial charge in [-0.25, -0.2) is 9.97 Å². The molecule has 0 radical (unpaired) electrons. The molecule has 0 aliphatic rings. The van der Waals surface area contributed by atoms with E-state index in [1.54, 1.807) is 12.1 Å². The lowest BCUT2D eigenvalue weighted by Gasteiger charge is -2.13. The normalized spacial score (nSPS) is 10.6. The number of carbonyl (C=O) groups excluding carboxylic acids is 1. The lowest BCUT2D eigenvalue weighted by molar-refractivity contribution is -0.385. The molecule has 0 spiro atoms. The molecular weight excluding hydrogens is 460 g/mol. The van der Waals surface area contributed by atoms with Gasteiger partial charge in [-0.15, -0.1) is 0 Å². The number of aryl methyl sites for hydroxylation is 2. The molecule has 3 rings (SSSR count). The molecule has 0 bridgehead atoms. The molecule has 1 aromatic heterocycles. The van der Waals surface area contributed by atoms with Gasteiger partial charge in [0.2, 0.25) is 0 Å². The Labute approximate surface area is 200 Å². The van der Waals surface area contributed by atoms with Crippen LogP contribution in [-0.2, 0) is 4.74 Å². The summed E-state index contributed by atoms with van der Waals surface area (Å²) in [6, 6.07) is 11.4. The summed E-state index contributed by atoms with van der Waals surface area (Å²) in [6.45, 7) is 4.28. The smallest absolute Gasteiger partial charge is 0.286 e. The molecule has 1 amide bonds. The zero-order valence-corrected chi connectivity index (χ0v) is 20.0. The predicted octanol–water partition coefficient (Wildman–Crippen LogP) is 4.44. The van der Waals surface area contributed by atoms with Crippen LogP contribution in [0.25, 0.3) is 0 Å². The lowest BCUT2D eigenvalue weighted by atomic mass is 10.1. The van der Waals surface area contributed by atoms with E-state index < -0.39 is 16.5 Å². The van der Waals surface area contributed by atoms with E-state index >= 15 is 0 Å². The van der Waals surface area contributed by atoms with Crippen LogP contribution >= 0.6 is 11.8 Å². The number of aromatic nitrogens is 2. The van der Waals surface area contributed by atoms with Crippen molar-refractivity contribution in [1.82, 2.24) is 9.97 Å². The average molecular weight is 485 g/mol. The number of benzene rings is 2. The van der Waals surface area contributed by atoms with Crippen LogP contribution in [0.1, 0.15) is 21.7 Å². The third kappa shape index (κ3) is 6.42. The molecule has 0 aliphatic heterocycles. The Hall–Kier alpha value is -3.70. The zero-order valence-electron chi connectivity index (χ0n) is 19.2. The minimum absolute atomic E-state index is 0.150. The van der Waals surface area contributed by atoms with Crippen molar-refractivity contribution in [2.45, 2.75) is 23.9 Å². The van der Waals surface area contributed by atoms with E-state index in [4.69, 9.17) is 14.2 Å². The summed E-state index contributed by atoms with van der Waals surface area (Å²) >= 11 is 1.40. The van der Waals surface area contributed by atoms with Crippen molar-refractivity contribution in [2.24, 2.45) is 0 Å². The molecule has 0 saturated carbocycles. The highest BCUT2D eigenvalue weighted by atomic mass is 32.2. The highest BCUT2D eigenvalue weighted by molar-refractivity contribution is 7.99. The third-order valence-electron chi connectivity index (χ3n) is 4.55. The highest BCUT2D eigenvalue weighted by Crippen LogP contribution is 2.35. The van der Waals surface area contributed by atoms with Crippen molar-refractivity contribution >= 4 is 29.0 Å². The number of anilines is 1. The average Bonchev–Trinajstić information content (AvgIpc) is 2.79. The van der Waals surface area contributed by atoms with Crippen molar-refractivity contribution in [3.8, 4) is 11.5 Å². The van der Waals surface area contributed by atoms with Crippen LogP contribution < -0.4 is 14.8 Å². The minimum atomic E-state index is -0.647. The largest absolute Gasteiger partial charge is 0.493 e. The summed E-state index contributed by atoms with van der Waals surface area (Å²) in [6.07, 6.45) is 0. The van der Waals surface area contributed by atoms with Crippen LogP contribution in [0.4, 0.5) is 11.4 Å². The fourth-order valence-electron chi connectivity index (χ4n) is 3.04. The quantitative estimate of drug-likeness (QED) is 0.192. The number of amides is 1. The third-order valence-corrected chi connectivity index (χ3v) is 5.42. The minimum Gasteiger partial charge on any atom is -0.493 e.